The van der Waals surface area contributed by atoms with Gasteiger partial charge in [0.25, 0.3) is 8.02 Å². The molecule has 1 aromatic rings. The molecule has 0 bridgehead atoms. The van der Waals surface area contributed by atoms with Crippen molar-refractivity contribution in [2.45, 2.75) is 18.8 Å². The van der Waals surface area contributed by atoms with Crippen LogP contribution in [0.3, 0.4) is 0 Å². The topological polar surface area (TPSA) is 89.9 Å². The lowest BCUT2D eigenvalue weighted by Gasteiger charge is -2.44. The maximum absolute atomic E-state index is 13.1. The fourth-order valence-corrected chi connectivity index (χ4v) is 5.03. The maximum Gasteiger partial charge on any atom is 0.253 e. The number of nitrogens with zero attached hydrogens (tertiary/aromatic N) is 2. The van der Waals surface area contributed by atoms with Crippen LogP contribution in [0.15, 0.2) is 24.5 Å². The summed E-state index contributed by atoms with van der Waals surface area (Å²) in [5.41, 5.74) is 0.801. The Morgan fingerprint density at radius 3 is 2.59 bits per heavy atom. The van der Waals surface area contributed by atoms with E-state index in [0.717, 1.165) is 5.56 Å². The van der Waals surface area contributed by atoms with Crippen molar-refractivity contribution < 1.29 is 19.6 Å². The van der Waals surface area contributed by atoms with Crippen LogP contribution in [-0.4, -0.2) is 46.0 Å². The summed E-state index contributed by atoms with van der Waals surface area (Å²) in [6.07, 6.45) is 2.23. The predicted octanol–water partition coefficient (Wildman–Crippen LogP) is 1.77. The van der Waals surface area contributed by atoms with Crippen LogP contribution in [0.1, 0.15) is 18.1 Å². The summed E-state index contributed by atoms with van der Waals surface area (Å²) < 4.78 is 7.34. The van der Waals surface area contributed by atoms with Gasteiger partial charge in [-0.1, -0.05) is 0 Å². The van der Waals surface area contributed by atoms with Crippen molar-refractivity contribution >= 4 is 31.2 Å². The third-order valence-corrected chi connectivity index (χ3v) is 5.91. The van der Waals surface area contributed by atoms with Gasteiger partial charge in [0.15, 0.2) is 6.23 Å². The number of pyridine rings is 1. The number of nitrogens with one attached hydrogen (secondary N) is 1. The third-order valence-electron chi connectivity index (χ3n) is 3.27. The van der Waals surface area contributed by atoms with Crippen molar-refractivity contribution in [3.8, 4) is 0 Å². The summed E-state index contributed by atoms with van der Waals surface area (Å²) in [5, 5.41) is 11.7. The second kappa shape index (κ2) is 8.68. The van der Waals surface area contributed by atoms with E-state index >= 15 is 0 Å². The molecule has 124 valence electrons. The maximum atomic E-state index is 13.1. The fraction of sp³-hybridized carbons (Fsp3) is 0.583. The quantitative estimate of drug-likeness (QED) is 0.327. The highest BCUT2D eigenvalue weighted by molar-refractivity contribution is 7.59. The number of hydrogen-bond donors (Lipinski definition) is 2. The molecule has 2 rings (SSSR count). The van der Waals surface area contributed by atoms with Gasteiger partial charge in [0.05, 0.1) is 13.1 Å². The molecule has 22 heavy (non-hydrogen) atoms. The Morgan fingerprint density at radius 1 is 1.41 bits per heavy atom. The molecule has 7 nitrogen and oxygen atoms in total. The summed E-state index contributed by atoms with van der Waals surface area (Å²) in [6.45, 7) is 0.666. The molecule has 2 N–H and O–H groups in total. The SMILES string of the molecule is [O-][P+]1(N(CCCl)CCCl)N[C@H](OO)C[C@@H](c2ccncc2)O1. The number of halogens is 2. The Labute approximate surface area is 139 Å². The van der Waals surface area contributed by atoms with Crippen LogP contribution in [0.4, 0.5) is 0 Å². The zero-order valence-electron chi connectivity index (χ0n) is 11.8. The van der Waals surface area contributed by atoms with Gasteiger partial charge >= 0.3 is 0 Å². The molecular weight excluding hydrogens is 352 g/mol. The van der Waals surface area contributed by atoms with Crippen LogP contribution >= 0.6 is 31.2 Å². The van der Waals surface area contributed by atoms with Crippen LogP contribution in [-0.2, 0) is 9.41 Å². The van der Waals surface area contributed by atoms with Gasteiger partial charge in [-0.2, -0.15) is 4.52 Å². The third kappa shape index (κ3) is 4.47. The molecule has 2 heterocycles. The normalized spacial score (nSPS) is 29.0. The van der Waals surface area contributed by atoms with E-state index in [0.29, 0.717) is 19.5 Å². The fourth-order valence-electron chi connectivity index (χ4n) is 2.24. The van der Waals surface area contributed by atoms with Crippen molar-refractivity contribution in [1.82, 2.24) is 14.7 Å². The van der Waals surface area contributed by atoms with Crippen LogP contribution in [0.5, 0.6) is 0 Å². The summed E-state index contributed by atoms with van der Waals surface area (Å²) in [6, 6.07) is 3.53. The molecular formula is C12H18Cl2N3O4P. The van der Waals surface area contributed by atoms with Crippen LogP contribution < -0.4 is 9.98 Å². The molecule has 1 unspecified atom stereocenters. The second-order valence-corrected chi connectivity index (χ2v) is 7.52. The minimum absolute atomic E-state index is 0.274. The highest BCUT2D eigenvalue weighted by atomic mass is 35.5. The minimum atomic E-state index is -3.44. The highest BCUT2D eigenvalue weighted by Gasteiger charge is 2.47. The molecule has 0 amide bonds. The van der Waals surface area contributed by atoms with Gasteiger partial charge in [0, 0.05) is 30.6 Å². The predicted molar refractivity (Wildman–Crippen MR) is 83.3 cm³/mol. The highest BCUT2D eigenvalue weighted by Crippen LogP contribution is 2.58. The zero-order valence-corrected chi connectivity index (χ0v) is 14.2. The average Bonchev–Trinajstić information content (AvgIpc) is 2.55. The summed E-state index contributed by atoms with van der Waals surface area (Å²) in [4.78, 5) is 21.5. The van der Waals surface area contributed by atoms with E-state index in [1.54, 1.807) is 29.2 Å². The van der Waals surface area contributed by atoms with Crippen LogP contribution in [0.25, 0.3) is 0 Å². The molecule has 1 aliphatic rings. The van der Waals surface area contributed by atoms with Crippen molar-refractivity contribution in [1.29, 1.82) is 0 Å². The van der Waals surface area contributed by atoms with Crippen LogP contribution in [0, 0.1) is 0 Å². The Kier molecular flexibility index (Phi) is 7.21. The summed E-state index contributed by atoms with van der Waals surface area (Å²) in [7, 11) is -3.44. The van der Waals surface area contributed by atoms with Crippen molar-refractivity contribution in [3.05, 3.63) is 30.1 Å². The van der Waals surface area contributed by atoms with Gasteiger partial charge in [-0.25, -0.2) is 4.89 Å². The zero-order chi connectivity index (χ0) is 16.0. The molecule has 3 atom stereocenters. The van der Waals surface area contributed by atoms with E-state index in [9.17, 15) is 4.89 Å². The number of aromatic nitrogens is 1. The van der Waals surface area contributed by atoms with E-state index < -0.39 is 20.3 Å². The molecule has 0 aliphatic carbocycles. The Bertz CT molecular complexity index is 455. The molecule has 0 aromatic carbocycles. The number of hydrogen-bond acceptors (Lipinski definition) is 7. The molecule has 1 aliphatic heterocycles. The van der Waals surface area contributed by atoms with E-state index in [-0.39, 0.29) is 11.8 Å². The average molecular weight is 370 g/mol. The van der Waals surface area contributed by atoms with E-state index in [1.807, 2.05) is 0 Å². The first-order valence-electron chi connectivity index (χ1n) is 6.76. The standard InChI is InChI=1S/C12H18Cl2N3O4P/c13-3-7-17(8-4-14)22(19)16-12(20-18)9-11(21-22)10-1-5-15-6-2-10/h1-2,5-6,11-12,18H,3-4,7-9H2,(H,16,19)/t11-,12+,22?/m0/s1. The van der Waals surface area contributed by atoms with Gasteiger partial charge in [-0.15, -0.1) is 33.0 Å². The molecule has 1 saturated heterocycles. The lowest BCUT2D eigenvalue weighted by Crippen LogP contribution is -2.51. The van der Waals surface area contributed by atoms with E-state index in [4.69, 9.17) is 33.0 Å². The van der Waals surface area contributed by atoms with Gasteiger partial charge in [0.1, 0.15) is 6.10 Å². The van der Waals surface area contributed by atoms with Gasteiger partial charge in [-0.3, -0.25) is 10.2 Å². The van der Waals surface area contributed by atoms with Gasteiger partial charge in [0.2, 0.25) is 0 Å². The Balaban J connectivity index is 2.22. The Morgan fingerprint density at radius 2 is 2.05 bits per heavy atom. The molecule has 0 saturated carbocycles. The molecule has 10 heteroatoms. The first-order chi connectivity index (χ1) is 10.6. The molecule has 0 spiro atoms. The Hall–Kier alpha value is -0.0800. The second-order valence-electron chi connectivity index (χ2n) is 4.69. The summed E-state index contributed by atoms with van der Waals surface area (Å²) in [5.74, 6) is 0.549. The lowest BCUT2D eigenvalue weighted by atomic mass is 10.1. The van der Waals surface area contributed by atoms with E-state index in [1.165, 1.54) is 0 Å². The first kappa shape index (κ1) is 18.3. The summed E-state index contributed by atoms with van der Waals surface area (Å²) >= 11 is 11.5. The van der Waals surface area contributed by atoms with E-state index in [2.05, 4.69) is 15.0 Å². The monoisotopic (exact) mass is 369 g/mol. The lowest BCUT2D eigenvalue weighted by molar-refractivity contribution is -0.302. The molecule has 0 radical (unpaired) electrons. The molecule has 1 fully saturated rings. The van der Waals surface area contributed by atoms with Crippen LogP contribution in [0.2, 0.25) is 0 Å². The van der Waals surface area contributed by atoms with Gasteiger partial charge < -0.3 is 4.89 Å². The van der Waals surface area contributed by atoms with Crippen molar-refractivity contribution in [2.75, 3.05) is 24.8 Å². The first-order valence-corrected chi connectivity index (χ1v) is 9.41. The number of rotatable bonds is 7. The minimum Gasteiger partial charge on any atom is -0.626 e. The van der Waals surface area contributed by atoms with Crippen molar-refractivity contribution in [2.24, 2.45) is 0 Å². The smallest absolute Gasteiger partial charge is 0.253 e. The van der Waals surface area contributed by atoms with Crippen molar-refractivity contribution in [3.63, 3.8) is 0 Å². The molecule has 1 aromatic heterocycles. The largest absolute Gasteiger partial charge is 0.626 e. The van der Waals surface area contributed by atoms with Gasteiger partial charge in [-0.05, 0) is 17.7 Å². The number of alkyl halides is 2.